The average molecular weight is 426 g/mol. The minimum Gasteiger partial charge on any atom is -0.390 e. The molecule has 0 atom stereocenters. The number of carbonyl (C=O) groups is 2. The molecule has 2 saturated carbocycles. The summed E-state index contributed by atoms with van der Waals surface area (Å²) in [6.07, 6.45) is 5.56. The quantitative estimate of drug-likeness (QED) is 0.687. The molecule has 0 spiro atoms. The van der Waals surface area contributed by atoms with Crippen LogP contribution in [0, 0.1) is 5.82 Å². The molecule has 1 aromatic heterocycles. The lowest BCUT2D eigenvalue weighted by atomic mass is 9.83. The third kappa shape index (κ3) is 4.32. The van der Waals surface area contributed by atoms with Crippen LogP contribution >= 0.6 is 0 Å². The maximum atomic E-state index is 15.1. The molecule has 31 heavy (non-hydrogen) atoms. The number of pyridine rings is 1. The second-order valence-electron chi connectivity index (χ2n) is 9.03. The minimum atomic E-state index is -0.802. The molecular formula is C24H28FN3O3. The Balaban J connectivity index is 1.48. The van der Waals surface area contributed by atoms with Gasteiger partial charge in [-0.3, -0.25) is 14.6 Å². The van der Waals surface area contributed by atoms with Crippen molar-refractivity contribution in [2.45, 2.75) is 62.5 Å². The average Bonchev–Trinajstić information content (AvgIpc) is 3.56. The molecule has 3 N–H and O–H groups in total. The Hall–Kier alpha value is -2.80. The first kappa shape index (κ1) is 21.4. The molecule has 2 amide bonds. The number of aromatic nitrogens is 1. The number of hydrogen-bond donors (Lipinski definition) is 3. The van der Waals surface area contributed by atoms with Gasteiger partial charge in [0.15, 0.2) is 0 Å². The Morgan fingerprint density at radius 3 is 2.32 bits per heavy atom. The summed E-state index contributed by atoms with van der Waals surface area (Å²) in [6, 6.07) is 8.26. The van der Waals surface area contributed by atoms with Crippen LogP contribution in [0.25, 0.3) is 11.1 Å². The summed E-state index contributed by atoms with van der Waals surface area (Å²) < 4.78 is 15.1. The van der Waals surface area contributed by atoms with Crippen molar-refractivity contribution >= 4 is 11.8 Å². The van der Waals surface area contributed by atoms with E-state index in [-0.39, 0.29) is 17.9 Å². The molecule has 1 heterocycles. The van der Waals surface area contributed by atoms with E-state index in [2.05, 4.69) is 15.6 Å². The van der Waals surface area contributed by atoms with Crippen LogP contribution in [0.4, 0.5) is 4.39 Å². The van der Waals surface area contributed by atoms with Crippen molar-refractivity contribution in [1.82, 2.24) is 15.6 Å². The summed E-state index contributed by atoms with van der Waals surface area (Å²) in [7, 11) is 1.54. The Bertz CT molecular complexity index is 990. The summed E-state index contributed by atoms with van der Waals surface area (Å²) in [5.41, 5.74) is 0.592. The zero-order valence-electron chi connectivity index (χ0n) is 17.9. The topological polar surface area (TPSA) is 91.3 Å². The molecule has 2 fully saturated rings. The third-order valence-corrected chi connectivity index (χ3v) is 6.62. The van der Waals surface area contributed by atoms with E-state index >= 15 is 4.39 Å². The summed E-state index contributed by atoms with van der Waals surface area (Å²) in [6.45, 7) is 1.83. The maximum absolute atomic E-state index is 15.1. The number of carbonyl (C=O) groups excluding carboxylic acids is 2. The van der Waals surface area contributed by atoms with Crippen molar-refractivity contribution in [1.29, 1.82) is 0 Å². The zero-order valence-corrected chi connectivity index (χ0v) is 17.9. The van der Waals surface area contributed by atoms with E-state index in [1.54, 1.807) is 24.3 Å². The molecule has 4 rings (SSSR count). The SMILES string of the molecule is CNC(=O)c1ccc(-c2ccc(C3(C(=O)NC4CCC(C)(O)CC4)CC3)c(F)c2)cn1. The summed E-state index contributed by atoms with van der Waals surface area (Å²) in [5, 5.41) is 15.7. The molecular weight excluding hydrogens is 397 g/mol. The molecule has 7 heteroatoms. The van der Waals surface area contributed by atoms with Gasteiger partial charge in [0.2, 0.25) is 5.91 Å². The molecule has 0 bridgehead atoms. The smallest absolute Gasteiger partial charge is 0.269 e. The van der Waals surface area contributed by atoms with Gasteiger partial charge in [0.25, 0.3) is 5.91 Å². The van der Waals surface area contributed by atoms with Gasteiger partial charge in [0.05, 0.1) is 11.0 Å². The van der Waals surface area contributed by atoms with Gasteiger partial charge >= 0.3 is 0 Å². The molecule has 1 aromatic carbocycles. The highest BCUT2D eigenvalue weighted by molar-refractivity contribution is 5.93. The van der Waals surface area contributed by atoms with Crippen molar-refractivity contribution in [3.05, 3.63) is 53.6 Å². The number of amides is 2. The van der Waals surface area contributed by atoms with E-state index in [0.717, 1.165) is 12.8 Å². The van der Waals surface area contributed by atoms with Crippen LogP contribution in [0.2, 0.25) is 0 Å². The number of aliphatic hydroxyl groups is 1. The van der Waals surface area contributed by atoms with Crippen molar-refractivity contribution in [2.75, 3.05) is 7.05 Å². The summed E-state index contributed by atoms with van der Waals surface area (Å²) in [5.74, 6) is -0.814. The maximum Gasteiger partial charge on any atom is 0.269 e. The van der Waals surface area contributed by atoms with E-state index in [1.165, 1.54) is 19.3 Å². The Morgan fingerprint density at radius 2 is 1.77 bits per heavy atom. The lowest BCUT2D eigenvalue weighted by Gasteiger charge is -2.34. The fraction of sp³-hybridized carbons (Fsp3) is 0.458. The number of benzene rings is 1. The van der Waals surface area contributed by atoms with Crippen molar-refractivity contribution in [2.24, 2.45) is 0 Å². The molecule has 6 nitrogen and oxygen atoms in total. The Morgan fingerprint density at radius 1 is 1.10 bits per heavy atom. The molecule has 2 aromatic rings. The first-order valence-corrected chi connectivity index (χ1v) is 10.8. The van der Waals surface area contributed by atoms with Crippen LogP contribution in [-0.2, 0) is 10.2 Å². The van der Waals surface area contributed by atoms with Gasteiger partial charge in [0, 0.05) is 30.4 Å². The largest absolute Gasteiger partial charge is 0.390 e. The van der Waals surface area contributed by atoms with Gasteiger partial charge in [-0.1, -0.05) is 18.2 Å². The molecule has 0 unspecified atom stereocenters. The molecule has 164 valence electrons. The zero-order chi connectivity index (χ0) is 22.2. The molecule has 0 saturated heterocycles. The number of nitrogens with one attached hydrogen (secondary N) is 2. The highest BCUT2D eigenvalue weighted by atomic mass is 19.1. The highest BCUT2D eigenvalue weighted by Crippen LogP contribution is 2.50. The third-order valence-electron chi connectivity index (χ3n) is 6.62. The van der Waals surface area contributed by atoms with Crippen LogP contribution in [0.15, 0.2) is 36.5 Å². The highest BCUT2D eigenvalue weighted by Gasteiger charge is 2.53. The second kappa shape index (κ2) is 8.04. The number of hydrogen-bond acceptors (Lipinski definition) is 4. The Labute approximate surface area is 181 Å². The van der Waals surface area contributed by atoms with Gasteiger partial charge in [-0.25, -0.2) is 4.39 Å². The van der Waals surface area contributed by atoms with Gasteiger partial charge in [-0.2, -0.15) is 0 Å². The number of halogens is 1. The van der Waals surface area contributed by atoms with Crippen molar-refractivity contribution in [3.8, 4) is 11.1 Å². The Kier molecular flexibility index (Phi) is 5.56. The standard InChI is InChI=1S/C24H28FN3O3/c1-23(31)9-7-17(8-10-23)28-22(30)24(11-12-24)18-5-3-15(13-19(18)25)16-4-6-20(27-14-16)21(29)26-2/h3-6,13-14,17,31H,7-12H2,1-2H3,(H,26,29)(H,28,30). The summed E-state index contributed by atoms with van der Waals surface area (Å²) >= 11 is 0. The predicted octanol–water partition coefficient (Wildman–Crippen LogP) is 3.09. The van der Waals surface area contributed by atoms with Crippen LogP contribution in [0.3, 0.4) is 0 Å². The van der Waals surface area contributed by atoms with Gasteiger partial charge in [-0.15, -0.1) is 0 Å². The molecule has 0 radical (unpaired) electrons. The van der Waals surface area contributed by atoms with E-state index in [1.807, 2.05) is 6.92 Å². The van der Waals surface area contributed by atoms with E-state index in [9.17, 15) is 14.7 Å². The number of rotatable bonds is 5. The molecule has 2 aliphatic rings. The van der Waals surface area contributed by atoms with E-state index in [4.69, 9.17) is 0 Å². The van der Waals surface area contributed by atoms with E-state index in [0.29, 0.717) is 48.1 Å². The normalized spacial score (nSPS) is 24.3. The van der Waals surface area contributed by atoms with Crippen LogP contribution in [0.5, 0.6) is 0 Å². The van der Waals surface area contributed by atoms with Crippen molar-refractivity contribution < 1.29 is 19.1 Å². The predicted molar refractivity (Wildman–Crippen MR) is 115 cm³/mol. The van der Waals surface area contributed by atoms with Crippen LogP contribution in [0.1, 0.15) is 61.5 Å². The van der Waals surface area contributed by atoms with E-state index < -0.39 is 16.8 Å². The van der Waals surface area contributed by atoms with Gasteiger partial charge < -0.3 is 15.7 Å². The fourth-order valence-corrected chi connectivity index (χ4v) is 4.36. The summed E-state index contributed by atoms with van der Waals surface area (Å²) in [4.78, 5) is 28.8. The first-order valence-electron chi connectivity index (χ1n) is 10.8. The van der Waals surface area contributed by atoms with Crippen LogP contribution < -0.4 is 10.6 Å². The monoisotopic (exact) mass is 425 g/mol. The lowest BCUT2D eigenvalue weighted by molar-refractivity contribution is -0.125. The number of nitrogens with zero attached hydrogens (tertiary/aromatic N) is 1. The second-order valence-corrected chi connectivity index (χ2v) is 9.03. The lowest BCUT2D eigenvalue weighted by Crippen LogP contribution is -2.46. The van der Waals surface area contributed by atoms with Gasteiger partial charge in [0.1, 0.15) is 11.5 Å². The molecule has 0 aliphatic heterocycles. The van der Waals surface area contributed by atoms with Gasteiger partial charge in [-0.05, 0) is 63.1 Å². The first-order chi connectivity index (χ1) is 14.7. The fourth-order valence-electron chi connectivity index (χ4n) is 4.36. The molecule has 2 aliphatic carbocycles. The van der Waals surface area contributed by atoms with Crippen molar-refractivity contribution in [3.63, 3.8) is 0 Å². The van der Waals surface area contributed by atoms with Crippen LogP contribution in [-0.4, -0.2) is 40.6 Å². The minimum absolute atomic E-state index is 0.0254.